The number of carboxylic acid groups (broad SMARTS) is 1. The summed E-state index contributed by atoms with van der Waals surface area (Å²) in [5.41, 5.74) is 0.317. The molecular weight excluding hydrogens is 314 g/mol. The molecule has 1 saturated heterocycles. The molecule has 9 heteroatoms. The zero-order chi connectivity index (χ0) is 17.3. The summed E-state index contributed by atoms with van der Waals surface area (Å²) in [6.07, 6.45) is 1.95. The molecule has 1 aliphatic heterocycles. The highest BCUT2D eigenvalue weighted by atomic mass is 16.6. The average Bonchev–Trinajstić information content (AvgIpc) is 3.01. The van der Waals surface area contributed by atoms with Crippen LogP contribution in [0.15, 0.2) is 24.3 Å². The molecule has 1 fully saturated rings. The number of carbonyl (C=O) groups is 1. The zero-order valence-corrected chi connectivity index (χ0v) is 13.1. The molecule has 9 nitrogen and oxygen atoms in total. The first-order valence-corrected chi connectivity index (χ1v) is 7.66. The van der Waals surface area contributed by atoms with Gasteiger partial charge in [0.15, 0.2) is 5.82 Å². The number of rotatable bonds is 4. The molecule has 2 aromatic rings. The Bertz CT molecular complexity index is 763. The minimum Gasteiger partial charge on any atom is -0.476 e. The number of aromatic carboxylic acids is 1. The predicted octanol–water partition coefficient (Wildman–Crippen LogP) is 2.11. The van der Waals surface area contributed by atoms with Gasteiger partial charge in [-0.1, -0.05) is 6.92 Å². The Kier molecular flexibility index (Phi) is 4.15. The summed E-state index contributed by atoms with van der Waals surface area (Å²) in [6.45, 7) is 3.64. The van der Waals surface area contributed by atoms with Crippen molar-refractivity contribution in [3.8, 4) is 5.69 Å². The summed E-state index contributed by atoms with van der Waals surface area (Å²) in [5.74, 6) is -0.191. The highest BCUT2D eigenvalue weighted by molar-refractivity contribution is 5.91. The van der Waals surface area contributed by atoms with Gasteiger partial charge in [-0.3, -0.25) is 10.1 Å². The number of carboxylic acids is 1. The van der Waals surface area contributed by atoms with E-state index in [-0.39, 0.29) is 11.4 Å². The molecule has 0 unspecified atom stereocenters. The molecule has 1 N–H and O–H groups in total. The highest BCUT2D eigenvalue weighted by Gasteiger charge is 2.26. The molecule has 0 bridgehead atoms. The van der Waals surface area contributed by atoms with Crippen molar-refractivity contribution in [2.24, 2.45) is 5.92 Å². The fourth-order valence-corrected chi connectivity index (χ4v) is 2.69. The first-order valence-electron chi connectivity index (χ1n) is 7.66. The Labute approximate surface area is 137 Å². The standard InChI is InChI=1S/C15H17N5O4/c1-10-6-8-18(9-7-10)14-13(15(21)22)16-19(17-14)11-2-4-12(5-3-11)20(23)24/h2-5,10H,6-9H2,1H3,(H,21,22). The van der Waals surface area contributed by atoms with E-state index in [2.05, 4.69) is 17.1 Å². The number of non-ortho nitro benzene ring substituents is 1. The minimum atomic E-state index is -1.14. The van der Waals surface area contributed by atoms with Crippen LogP contribution in [-0.2, 0) is 0 Å². The van der Waals surface area contributed by atoms with E-state index in [0.29, 0.717) is 17.4 Å². The topological polar surface area (TPSA) is 114 Å². The number of aromatic nitrogens is 3. The Morgan fingerprint density at radius 3 is 2.42 bits per heavy atom. The molecule has 126 valence electrons. The van der Waals surface area contributed by atoms with Gasteiger partial charge in [-0.05, 0) is 30.9 Å². The van der Waals surface area contributed by atoms with Gasteiger partial charge < -0.3 is 10.0 Å². The molecule has 1 aromatic heterocycles. The summed E-state index contributed by atoms with van der Waals surface area (Å²) in [7, 11) is 0. The van der Waals surface area contributed by atoms with Crippen LogP contribution >= 0.6 is 0 Å². The van der Waals surface area contributed by atoms with E-state index < -0.39 is 10.9 Å². The van der Waals surface area contributed by atoms with Gasteiger partial charge in [0.25, 0.3) is 5.69 Å². The van der Waals surface area contributed by atoms with Crippen LogP contribution in [0.25, 0.3) is 5.69 Å². The number of hydrogen-bond donors (Lipinski definition) is 1. The first kappa shape index (κ1) is 15.9. The van der Waals surface area contributed by atoms with Gasteiger partial charge in [0.1, 0.15) is 0 Å². The van der Waals surface area contributed by atoms with E-state index in [4.69, 9.17) is 0 Å². The number of benzene rings is 1. The summed E-state index contributed by atoms with van der Waals surface area (Å²) in [4.78, 5) is 24.8. The van der Waals surface area contributed by atoms with E-state index in [1.165, 1.54) is 29.1 Å². The van der Waals surface area contributed by atoms with Gasteiger partial charge in [-0.2, -0.15) is 0 Å². The number of nitrogens with zero attached hydrogens (tertiary/aromatic N) is 5. The lowest BCUT2D eigenvalue weighted by atomic mass is 9.99. The Morgan fingerprint density at radius 2 is 1.88 bits per heavy atom. The van der Waals surface area contributed by atoms with Gasteiger partial charge in [0.2, 0.25) is 5.69 Å². The largest absolute Gasteiger partial charge is 0.476 e. The Hall–Kier alpha value is -2.97. The monoisotopic (exact) mass is 331 g/mol. The quantitative estimate of drug-likeness (QED) is 0.674. The average molecular weight is 331 g/mol. The summed E-state index contributed by atoms with van der Waals surface area (Å²) in [5, 5.41) is 28.5. The fourth-order valence-electron chi connectivity index (χ4n) is 2.69. The molecule has 24 heavy (non-hydrogen) atoms. The number of nitro benzene ring substituents is 1. The normalized spacial score (nSPS) is 15.5. The molecule has 0 atom stereocenters. The van der Waals surface area contributed by atoms with E-state index in [1.807, 2.05) is 4.90 Å². The SMILES string of the molecule is CC1CCN(c2nn(-c3ccc([N+](=O)[O-])cc3)nc2C(=O)O)CC1. The maximum absolute atomic E-state index is 11.5. The van der Waals surface area contributed by atoms with Crippen LogP contribution in [0.4, 0.5) is 11.5 Å². The lowest BCUT2D eigenvalue weighted by Gasteiger charge is -2.30. The molecule has 0 amide bonds. The van der Waals surface area contributed by atoms with Crippen LogP contribution in [0.3, 0.4) is 0 Å². The molecule has 2 heterocycles. The molecule has 0 radical (unpaired) electrons. The third-order valence-electron chi connectivity index (χ3n) is 4.17. The molecule has 0 saturated carbocycles. The minimum absolute atomic E-state index is 0.0467. The van der Waals surface area contributed by atoms with Crippen LogP contribution in [0, 0.1) is 16.0 Å². The van der Waals surface area contributed by atoms with Crippen LogP contribution in [0.2, 0.25) is 0 Å². The zero-order valence-electron chi connectivity index (χ0n) is 13.1. The van der Waals surface area contributed by atoms with Crippen LogP contribution in [0.5, 0.6) is 0 Å². The maximum atomic E-state index is 11.5. The van der Waals surface area contributed by atoms with Gasteiger partial charge in [0, 0.05) is 25.2 Å². The van der Waals surface area contributed by atoms with E-state index in [1.54, 1.807) is 0 Å². The van der Waals surface area contributed by atoms with Crippen molar-refractivity contribution < 1.29 is 14.8 Å². The van der Waals surface area contributed by atoms with Crippen molar-refractivity contribution >= 4 is 17.5 Å². The number of piperidine rings is 1. The second-order valence-electron chi connectivity index (χ2n) is 5.91. The lowest BCUT2D eigenvalue weighted by Crippen LogP contribution is -2.34. The van der Waals surface area contributed by atoms with Crippen LogP contribution in [0.1, 0.15) is 30.3 Å². The lowest BCUT2D eigenvalue weighted by molar-refractivity contribution is -0.384. The summed E-state index contributed by atoms with van der Waals surface area (Å²) < 4.78 is 0. The fraction of sp³-hybridized carbons (Fsp3) is 0.400. The van der Waals surface area contributed by atoms with Crippen molar-refractivity contribution in [3.05, 3.63) is 40.1 Å². The Morgan fingerprint density at radius 1 is 1.25 bits per heavy atom. The molecule has 3 rings (SSSR count). The van der Waals surface area contributed by atoms with Crippen molar-refractivity contribution in [1.82, 2.24) is 15.0 Å². The number of anilines is 1. The highest BCUT2D eigenvalue weighted by Crippen LogP contribution is 2.25. The molecule has 0 spiro atoms. The van der Waals surface area contributed by atoms with Crippen molar-refractivity contribution in [2.45, 2.75) is 19.8 Å². The van der Waals surface area contributed by atoms with Crippen LogP contribution in [-0.4, -0.2) is 44.1 Å². The van der Waals surface area contributed by atoms with Gasteiger partial charge >= 0.3 is 5.97 Å². The summed E-state index contributed by atoms with van der Waals surface area (Å²) >= 11 is 0. The Balaban J connectivity index is 1.93. The van der Waals surface area contributed by atoms with Gasteiger partial charge in [0.05, 0.1) is 10.6 Å². The van der Waals surface area contributed by atoms with Crippen molar-refractivity contribution in [1.29, 1.82) is 0 Å². The molecule has 0 aliphatic carbocycles. The number of nitro groups is 1. The first-order chi connectivity index (χ1) is 11.5. The molecule has 1 aliphatic rings. The van der Waals surface area contributed by atoms with Crippen LogP contribution < -0.4 is 4.90 Å². The van der Waals surface area contributed by atoms with E-state index in [0.717, 1.165) is 25.9 Å². The van der Waals surface area contributed by atoms with Gasteiger partial charge in [-0.25, -0.2) is 4.79 Å². The van der Waals surface area contributed by atoms with E-state index >= 15 is 0 Å². The second-order valence-corrected chi connectivity index (χ2v) is 5.91. The third kappa shape index (κ3) is 3.05. The van der Waals surface area contributed by atoms with Gasteiger partial charge in [-0.15, -0.1) is 15.0 Å². The predicted molar refractivity (Wildman–Crippen MR) is 85.6 cm³/mol. The second kappa shape index (κ2) is 6.26. The molecule has 1 aromatic carbocycles. The van der Waals surface area contributed by atoms with E-state index in [9.17, 15) is 20.0 Å². The maximum Gasteiger partial charge on any atom is 0.360 e. The number of hydrogen-bond acceptors (Lipinski definition) is 6. The third-order valence-corrected chi connectivity index (χ3v) is 4.17. The molecular formula is C15H17N5O4. The summed E-state index contributed by atoms with van der Waals surface area (Å²) in [6, 6.07) is 5.65. The van der Waals surface area contributed by atoms with Crippen molar-refractivity contribution in [2.75, 3.05) is 18.0 Å². The van der Waals surface area contributed by atoms with Crippen molar-refractivity contribution in [3.63, 3.8) is 0 Å². The smallest absolute Gasteiger partial charge is 0.360 e.